The zero-order valence-electron chi connectivity index (χ0n) is 21.7. The van der Waals surface area contributed by atoms with Crippen molar-refractivity contribution in [2.45, 2.75) is 58.2 Å². The molecule has 0 fully saturated rings. The number of nitrogens with one attached hydrogen (secondary N) is 4. The number of carbonyl (C=O) groups excluding carboxylic acids is 5. The highest BCUT2D eigenvalue weighted by molar-refractivity contribution is 5.96. The second-order valence-corrected chi connectivity index (χ2v) is 9.31. The molecule has 0 bridgehead atoms. The molecule has 0 saturated carbocycles. The highest BCUT2D eigenvalue weighted by Crippen LogP contribution is 2.08. The third kappa shape index (κ3) is 12.8. The van der Waals surface area contributed by atoms with Gasteiger partial charge in [-0.1, -0.05) is 50.8 Å². The number of hydrogen-bond acceptors (Lipinski definition) is 7. The van der Waals surface area contributed by atoms with Gasteiger partial charge in [-0.25, -0.2) is 0 Å². The summed E-state index contributed by atoms with van der Waals surface area (Å²) >= 11 is 0. The van der Waals surface area contributed by atoms with Gasteiger partial charge in [0.25, 0.3) is 0 Å². The van der Waals surface area contributed by atoms with Crippen molar-refractivity contribution in [3.63, 3.8) is 0 Å². The Morgan fingerprint density at radius 1 is 0.946 bits per heavy atom. The fourth-order valence-corrected chi connectivity index (χ4v) is 3.32. The molecule has 11 nitrogen and oxygen atoms in total. The second kappa shape index (κ2) is 16.2. The third-order valence-electron chi connectivity index (χ3n) is 5.27. The van der Waals surface area contributed by atoms with Gasteiger partial charge in [-0.2, -0.15) is 0 Å². The Morgan fingerprint density at radius 3 is 2.16 bits per heavy atom. The van der Waals surface area contributed by atoms with Crippen LogP contribution in [-0.2, 0) is 30.4 Å². The normalized spacial score (nSPS) is 13.1. The average molecular weight is 518 g/mol. The fraction of sp³-hybridized carbons (Fsp3) is 0.500. The van der Waals surface area contributed by atoms with E-state index >= 15 is 0 Å². The van der Waals surface area contributed by atoms with Gasteiger partial charge in [0, 0.05) is 25.0 Å². The minimum atomic E-state index is -1.03. The number of amides is 4. The monoisotopic (exact) mass is 517 g/mol. The first-order chi connectivity index (χ1) is 17.4. The molecule has 0 aliphatic carbocycles. The SMILES string of the molecule is C=C(C)C(=O)NCC(=O)NC(Cc1ccccc1)C(=O)NC(CC(C)C)C(=O)NCC(=O)CC(O)CN. The lowest BCUT2D eigenvalue weighted by atomic mass is 10.0. The van der Waals surface area contributed by atoms with E-state index in [1.807, 2.05) is 19.9 Å². The summed E-state index contributed by atoms with van der Waals surface area (Å²) in [6.45, 7) is 8.04. The smallest absolute Gasteiger partial charge is 0.246 e. The third-order valence-corrected chi connectivity index (χ3v) is 5.27. The quantitative estimate of drug-likeness (QED) is 0.157. The van der Waals surface area contributed by atoms with Crippen LogP contribution < -0.4 is 27.0 Å². The summed E-state index contributed by atoms with van der Waals surface area (Å²) in [5.41, 5.74) is 6.33. The van der Waals surface area contributed by atoms with E-state index in [0.717, 1.165) is 5.56 Å². The molecule has 3 atom stereocenters. The highest BCUT2D eigenvalue weighted by atomic mass is 16.3. The number of carbonyl (C=O) groups is 5. The first-order valence-corrected chi connectivity index (χ1v) is 12.2. The van der Waals surface area contributed by atoms with E-state index in [1.165, 1.54) is 6.92 Å². The summed E-state index contributed by atoms with van der Waals surface area (Å²) in [4.78, 5) is 62.2. The highest BCUT2D eigenvalue weighted by Gasteiger charge is 2.28. The molecule has 0 radical (unpaired) electrons. The van der Waals surface area contributed by atoms with Gasteiger partial charge in [-0.05, 0) is 24.8 Å². The molecule has 37 heavy (non-hydrogen) atoms. The van der Waals surface area contributed by atoms with Crippen molar-refractivity contribution in [2.24, 2.45) is 11.7 Å². The van der Waals surface area contributed by atoms with E-state index in [0.29, 0.717) is 0 Å². The van der Waals surface area contributed by atoms with Crippen LogP contribution in [0.5, 0.6) is 0 Å². The predicted octanol–water partition coefficient (Wildman–Crippen LogP) is -0.668. The van der Waals surface area contributed by atoms with Crippen LogP contribution in [0.25, 0.3) is 0 Å². The maximum Gasteiger partial charge on any atom is 0.246 e. The predicted molar refractivity (Wildman–Crippen MR) is 139 cm³/mol. The molecule has 3 unspecified atom stereocenters. The first-order valence-electron chi connectivity index (χ1n) is 12.2. The number of Topliss-reactive ketones (excluding diaryl/α,β-unsaturated/α-hetero) is 1. The summed E-state index contributed by atoms with van der Waals surface area (Å²) in [6.07, 6.45) is -0.737. The molecule has 0 heterocycles. The van der Waals surface area contributed by atoms with Crippen molar-refractivity contribution in [2.75, 3.05) is 19.6 Å². The molecule has 7 N–H and O–H groups in total. The molecule has 1 aromatic carbocycles. The van der Waals surface area contributed by atoms with Crippen molar-refractivity contribution in [3.05, 3.63) is 48.0 Å². The zero-order valence-corrected chi connectivity index (χ0v) is 21.7. The Bertz CT molecular complexity index is 950. The van der Waals surface area contributed by atoms with Gasteiger partial charge < -0.3 is 32.1 Å². The summed E-state index contributed by atoms with van der Waals surface area (Å²) in [5, 5.41) is 19.7. The van der Waals surface area contributed by atoms with E-state index in [-0.39, 0.29) is 50.4 Å². The lowest BCUT2D eigenvalue weighted by Gasteiger charge is -2.24. The summed E-state index contributed by atoms with van der Waals surface area (Å²) in [7, 11) is 0. The van der Waals surface area contributed by atoms with Crippen LogP contribution in [0, 0.1) is 5.92 Å². The number of aliphatic hydroxyl groups excluding tert-OH is 1. The largest absolute Gasteiger partial charge is 0.391 e. The molecule has 0 aromatic heterocycles. The molecule has 0 aliphatic heterocycles. The molecule has 0 saturated heterocycles. The van der Waals surface area contributed by atoms with Crippen LogP contribution in [-0.4, -0.2) is 72.3 Å². The van der Waals surface area contributed by atoms with Crippen LogP contribution >= 0.6 is 0 Å². The molecule has 0 spiro atoms. The van der Waals surface area contributed by atoms with Crippen molar-refractivity contribution in [1.29, 1.82) is 0 Å². The maximum absolute atomic E-state index is 13.2. The standard InChI is InChI=1S/C26H39N5O6/c1-16(2)10-21(25(36)28-14-20(33)12-19(32)13-27)31-26(37)22(11-18-8-6-5-7-9-18)30-23(34)15-29-24(35)17(3)4/h5-9,16,19,21-22,32H,3,10-15,27H2,1-2,4H3,(H,28,36)(H,29,35)(H,30,34)(H,31,37). The Kier molecular flexibility index (Phi) is 13.8. The van der Waals surface area contributed by atoms with Crippen LogP contribution in [0.1, 0.15) is 39.2 Å². The molecule has 1 aromatic rings. The minimum absolute atomic E-state index is 0.0327. The van der Waals surface area contributed by atoms with E-state index in [9.17, 15) is 29.1 Å². The first kappa shape index (κ1) is 31.5. The Hall–Kier alpha value is -3.57. The number of rotatable bonds is 16. The van der Waals surface area contributed by atoms with E-state index in [1.54, 1.807) is 24.3 Å². The topological polar surface area (TPSA) is 180 Å². The summed E-state index contributed by atoms with van der Waals surface area (Å²) < 4.78 is 0. The van der Waals surface area contributed by atoms with Gasteiger partial charge >= 0.3 is 0 Å². The van der Waals surface area contributed by atoms with Crippen LogP contribution in [0.3, 0.4) is 0 Å². The van der Waals surface area contributed by atoms with E-state index in [2.05, 4.69) is 27.8 Å². The van der Waals surface area contributed by atoms with Crippen molar-refractivity contribution < 1.29 is 29.1 Å². The average Bonchev–Trinajstić information content (AvgIpc) is 2.85. The number of ketones is 1. The zero-order chi connectivity index (χ0) is 28.0. The van der Waals surface area contributed by atoms with Crippen LogP contribution in [0.15, 0.2) is 42.5 Å². The van der Waals surface area contributed by atoms with Gasteiger partial charge in [-0.3, -0.25) is 24.0 Å². The number of aliphatic hydroxyl groups is 1. The Morgan fingerprint density at radius 2 is 1.59 bits per heavy atom. The van der Waals surface area contributed by atoms with Crippen molar-refractivity contribution in [3.8, 4) is 0 Å². The second-order valence-electron chi connectivity index (χ2n) is 9.31. The number of hydrogen-bond donors (Lipinski definition) is 6. The van der Waals surface area contributed by atoms with Crippen molar-refractivity contribution >= 4 is 29.4 Å². The number of benzene rings is 1. The number of nitrogens with two attached hydrogens (primary N) is 1. The van der Waals surface area contributed by atoms with Crippen LogP contribution in [0.4, 0.5) is 0 Å². The van der Waals surface area contributed by atoms with Gasteiger partial charge in [0.2, 0.25) is 23.6 Å². The molecular formula is C26H39N5O6. The molecular weight excluding hydrogens is 478 g/mol. The van der Waals surface area contributed by atoms with E-state index < -0.39 is 47.6 Å². The Labute approximate surface area is 217 Å². The minimum Gasteiger partial charge on any atom is -0.391 e. The van der Waals surface area contributed by atoms with Gasteiger partial charge in [0.05, 0.1) is 19.2 Å². The van der Waals surface area contributed by atoms with Gasteiger partial charge in [-0.15, -0.1) is 0 Å². The van der Waals surface area contributed by atoms with Gasteiger partial charge in [0.1, 0.15) is 12.1 Å². The lowest BCUT2D eigenvalue weighted by Crippen LogP contribution is -2.56. The van der Waals surface area contributed by atoms with Crippen molar-refractivity contribution in [1.82, 2.24) is 21.3 Å². The Balaban J connectivity index is 2.93. The van der Waals surface area contributed by atoms with Gasteiger partial charge in [0.15, 0.2) is 5.78 Å². The summed E-state index contributed by atoms with van der Waals surface area (Å²) in [5.74, 6) is -2.58. The molecule has 11 heteroatoms. The fourth-order valence-electron chi connectivity index (χ4n) is 3.32. The van der Waals surface area contributed by atoms with E-state index in [4.69, 9.17) is 5.73 Å². The van der Waals surface area contributed by atoms with Crippen LogP contribution in [0.2, 0.25) is 0 Å². The molecule has 204 valence electrons. The molecule has 4 amide bonds. The maximum atomic E-state index is 13.2. The lowest BCUT2D eigenvalue weighted by molar-refractivity contribution is -0.133. The molecule has 0 aliphatic rings. The summed E-state index contributed by atoms with van der Waals surface area (Å²) in [6, 6.07) is 7.03. The molecule has 1 rings (SSSR count).